The fourth-order valence-electron chi connectivity index (χ4n) is 4.05. The van der Waals surface area contributed by atoms with Gasteiger partial charge in [0.2, 0.25) is 0 Å². The van der Waals surface area contributed by atoms with E-state index in [1.807, 2.05) is 45.8 Å². The minimum absolute atomic E-state index is 0.0511. The molecule has 3 heterocycles. The summed E-state index contributed by atoms with van der Waals surface area (Å²) in [5.74, 6) is 1.26. The standard InChI is InChI=1S/C21H25N3O3S/c1-2-16-6-3-4-7-17(16)22-20(26)23-11-9-21(10-12-23)24(13-15-28-21)19(25)18-8-5-14-27-18/h3-8,14H,2,9-13,15H2,1H3,(H,22,26). The summed E-state index contributed by atoms with van der Waals surface area (Å²) in [6.45, 7) is 4.07. The van der Waals surface area contributed by atoms with Gasteiger partial charge in [-0.2, -0.15) is 0 Å². The first kappa shape index (κ1) is 18.9. The molecule has 1 aromatic heterocycles. The number of carbonyl (C=O) groups excluding carboxylic acids is 2. The van der Waals surface area contributed by atoms with Crippen molar-refractivity contribution in [3.8, 4) is 0 Å². The highest BCUT2D eigenvalue weighted by molar-refractivity contribution is 8.00. The largest absolute Gasteiger partial charge is 0.459 e. The van der Waals surface area contributed by atoms with Gasteiger partial charge in [-0.05, 0) is 43.0 Å². The van der Waals surface area contributed by atoms with Gasteiger partial charge >= 0.3 is 6.03 Å². The van der Waals surface area contributed by atoms with Gasteiger partial charge in [0.1, 0.15) is 0 Å². The summed E-state index contributed by atoms with van der Waals surface area (Å²) >= 11 is 1.83. The van der Waals surface area contributed by atoms with E-state index in [1.54, 1.807) is 12.1 Å². The lowest BCUT2D eigenvalue weighted by Crippen LogP contribution is -2.54. The number of amides is 3. The average Bonchev–Trinajstić information content (AvgIpc) is 3.39. The highest BCUT2D eigenvalue weighted by Gasteiger charge is 2.47. The molecule has 2 fully saturated rings. The molecule has 1 spiro atoms. The Morgan fingerprint density at radius 1 is 1.14 bits per heavy atom. The number of nitrogens with one attached hydrogen (secondary N) is 1. The van der Waals surface area contributed by atoms with E-state index in [0.29, 0.717) is 18.8 Å². The van der Waals surface area contributed by atoms with E-state index in [9.17, 15) is 9.59 Å². The Bertz CT molecular complexity index is 844. The molecule has 1 aromatic carbocycles. The number of carbonyl (C=O) groups is 2. The van der Waals surface area contributed by atoms with E-state index >= 15 is 0 Å². The molecule has 2 aliphatic rings. The van der Waals surface area contributed by atoms with E-state index in [1.165, 1.54) is 6.26 Å². The number of urea groups is 1. The molecule has 28 heavy (non-hydrogen) atoms. The predicted molar refractivity (Wildman–Crippen MR) is 111 cm³/mol. The van der Waals surface area contributed by atoms with E-state index in [-0.39, 0.29) is 16.8 Å². The number of hydrogen-bond donors (Lipinski definition) is 1. The zero-order chi connectivity index (χ0) is 19.6. The van der Waals surface area contributed by atoms with Crippen LogP contribution in [0.25, 0.3) is 0 Å². The van der Waals surface area contributed by atoms with Crippen molar-refractivity contribution >= 4 is 29.4 Å². The molecule has 2 saturated heterocycles. The molecule has 0 aliphatic carbocycles. The Morgan fingerprint density at radius 2 is 1.93 bits per heavy atom. The zero-order valence-corrected chi connectivity index (χ0v) is 16.8. The van der Waals surface area contributed by atoms with Gasteiger partial charge < -0.3 is 19.5 Å². The van der Waals surface area contributed by atoms with Crippen LogP contribution in [-0.4, -0.2) is 52.0 Å². The smallest absolute Gasteiger partial charge is 0.321 e. The quantitative estimate of drug-likeness (QED) is 0.845. The first-order valence-corrected chi connectivity index (χ1v) is 10.7. The molecule has 1 N–H and O–H groups in total. The highest BCUT2D eigenvalue weighted by Crippen LogP contribution is 2.44. The van der Waals surface area contributed by atoms with Crippen molar-refractivity contribution in [2.45, 2.75) is 31.1 Å². The molecule has 0 radical (unpaired) electrons. The molecular formula is C21H25N3O3S. The lowest BCUT2D eigenvalue weighted by atomic mass is 10.0. The van der Waals surface area contributed by atoms with Crippen LogP contribution in [0, 0.1) is 0 Å². The van der Waals surface area contributed by atoms with Crippen LogP contribution in [0.4, 0.5) is 10.5 Å². The van der Waals surface area contributed by atoms with Gasteiger partial charge in [-0.25, -0.2) is 4.79 Å². The second kappa shape index (κ2) is 7.91. The summed E-state index contributed by atoms with van der Waals surface area (Å²) < 4.78 is 5.31. The van der Waals surface area contributed by atoms with E-state index < -0.39 is 0 Å². The minimum atomic E-state index is -0.234. The number of hydrogen-bond acceptors (Lipinski definition) is 4. The van der Waals surface area contributed by atoms with E-state index in [4.69, 9.17) is 4.42 Å². The molecule has 0 saturated carbocycles. The monoisotopic (exact) mass is 399 g/mol. The average molecular weight is 400 g/mol. The van der Waals surface area contributed by atoms with Gasteiger partial charge in [0.05, 0.1) is 11.1 Å². The Labute approximate surface area is 169 Å². The zero-order valence-electron chi connectivity index (χ0n) is 16.0. The van der Waals surface area contributed by atoms with Crippen molar-refractivity contribution in [2.24, 2.45) is 0 Å². The first-order valence-electron chi connectivity index (χ1n) is 9.76. The fraction of sp³-hybridized carbons (Fsp3) is 0.429. The van der Waals surface area contributed by atoms with E-state index in [0.717, 1.165) is 42.8 Å². The second-order valence-electron chi connectivity index (χ2n) is 7.16. The summed E-state index contributed by atoms with van der Waals surface area (Å²) in [4.78, 5) is 29.1. The molecule has 4 rings (SSSR count). The molecule has 0 bridgehead atoms. The van der Waals surface area contributed by atoms with Gasteiger partial charge in [0.25, 0.3) is 5.91 Å². The topological polar surface area (TPSA) is 65.8 Å². The third-order valence-electron chi connectivity index (χ3n) is 5.63. The van der Waals surface area contributed by atoms with Gasteiger partial charge in [0.15, 0.2) is 5.76 Å². The van der Waals surface area contributed by atoms with E-state index in [2.05, 4.69) is 12.2 Å². The maximum atomic E-state index is 12.8. The summed E-state index contributed by atoms with van der Waals surface area (Å²) in [5.41, 5.74) is 2.01. The number of benzene rings is 1. The number of aryl methyl sites for hydroxylation is 1. The number of thioether (sulfide) groups is 1. The predicted octanol–water partition coefficient (Wildman–Crippen LogP) is 4.06. The lowest BCUT2D eigenvalue weighted by molar-refractivity contribution is 0.0554. The van der Waals surface area contributed by atoms with Crippen molar-refractivity contribution < 1.29 is 14.0 Å². The van der Waals surface area contributed by atoms with Gasteiger partial charge in [0, 0.05) is 31.1 Å². The Kier molecular flexibility index (Phi) is 5.35. The van der Waals surface area contributed by atoms with Gasteiger partial charge in [-0.1, -0.05) is 25.1 Å². The van der Waals surface area contributed by atoms with Crippen LogP contribution < -0.4 is 5.32 Å². The maximum absolute atomic E-state index is 12.8. The molecule has 148 valence electrons. The van der Waals surface area contributed by atoms with Gasteiger partial charge in [-0.15, -0.1) is 11.8 Å². The lowest BCUT2D eigenvalue weighted by Gasteiger charge is -2.43. The van der Waals surface area contributed by atoms with Crippen LogP contribution in [0.15, 0.2) is 47.1 Å². The first-order chi connectivity index (χ1) is 13.6. The molecule has 3 amide bonds. The molecule has 0 atom stereocenters. The SMILES string of the molecule is CCc1ccccc1NC(=O)N1CCC2(CC1)SCCN2C(=O)c1ccco1. The summed E-state index contributed by atoms with van der Waals surface area (Å²) in [7, 11) is 0. The molecule has 0 unspecified atom stereocenters. The Balaban J connectivity index is 1.41. The highest BCUT2D eigenvalue weighted by atomic mass is 32.2. The Morgan fingerprint density at radius 3 is 2.64 bits per heavy atom. The van der Waals surface area contributed by atoms with Crippen molar-refractivity contribution in [2.75, 3.05) is 30.7 Å². The molecule has 2 aliphatic heterocycles. The third kappa shape index (κ3) is 3.51. The molecule has 7 heteroatoms. The van der Waals surface area contributed by atoms with Crippen molar-refractivity contribution in [3.63, 3.8) is 0 Å². The number of furan rings is 1. The number of likely N-dealkylation sites (tertiary alicyclic amines) is 1. The third-order valence-corrected chi connectivity index (χ3v) is 7.18. The van der Waals surface area contributed by atoms with Gasteiger partial charge in [-0.3, -0.25) is 4.79 Å². The van der Waals surface area contributed by atoms with Crippen LogP contribution in [0.3, 0.4) is 0 Å². The molecule has 2 aromatic rings. The van der Waals surface area contributed by atoms with Crippen LogP contribution in [0.1, 0.15) is 35.9 Å². The normalized spacial score (nSPS) is 18.5. The van der Waals surface area contributed by atoms with Crippen LogP contribution in [0.2, 0.25) is 0 Å². The van der Waals surface area contributed by atoms with Crippen LogP contribution >= 0.6 is 11.8 Å². The summed E-state index contributed by atoms with van der Waals surface area (Å²) in [5, 5.41) is 3.05. The Hall–Kier alpha value is -2.41. The van der Waals surface area contributed by atoms with Crippen molar-refractivity contribution in [1.82, 2.24) is 9.80 Å². The van der Waals surface area contributed by atoms with Crippen LogP contribution in [-0.2, 0) is 6.42 Å². The summed E-state index contributed by atoms with van der Waals surface area (Å²) in [6, 6.07) is 11.3. The number of para-hydroxylation sites is 1. The minimum Gasteiger partial charge on any atom is -0.459 e. The molecule has 6 nitrogen and oxygen atoms in total. The fourth-order valence-corrected chi connectivity index (χ4v) is 5.50. The van der Waals surface area contributed by atoms with Crippen LogP contribution in [0.5, 0.6) is 0 Å². The second-order valence-corrected chi connectivity index (χ2v) is 8.61. The molecular weight excluding hydrogens is 374 g/mol. The number of rotatable bonds is 3. The number of anilines is 1. The number of piperidine rings is 1. The summed E-state index contributed by atoms with van der Waals surface area (Å²) in [6.07, 6.45) is 3.95. The maximum Gasteiger partial charge on any atom is 0.321 e. The number of nitrogens with zero attached hydrogens (tertiary/aromatic N) is 2. The van der Waals surface area contributed by atoms with Crippen molar-refractivity contribution in [1.29, 1.82) is 0 Å². The van der Waals surface area contributed by atoms with Crippen molar-refractivity contribution in [3.05, 3.63) is 54.0 Å².